The summed E-state index contributed by atoms with van der Waals surface area (Å²) in [5.41, 5.74) is 0.269. The van der Waals surface area contributed by atoms with Gasteiger partial charge in [-0.2, -0.15) is 0 Å². The largest absolute Gasteiger partial charge is 0.281 e. The van der Waals surface area contributed by atoms with Gasteiger partial charge in [0, 0.05) is 30.2 Å². The summed E-state index contributed by atoms with van der Waals surface area (Å²) in [7, 11) is 0. The van der Waals surface area contributed by atoms with E-state index in [1.807, 2.05) is 10.9 Å². The number of terminal acetylenes is 1. The van der Waals surface area contributed by atoms with E-state index in [-0.39, 0.29) is 17.0 Å². The van der Waals surface area contributed by atoms with E-state index in [1.54, 1.807) is 6.20 Å². The van der Waals surface area contributed by atoms with Crippen molar-refractivity contribution >= 4 is 0 Å². The molecule has 0 spiro atoms. The first-order chi connectivity index (χ1) is 9.64. The summed E-state index contributed by atoms with van der Waals surface area (Å²) in [5.74, 6) is 3.47. The Labute approximate surface area is 128 Å². The minimum atomic E-state index is 0.0616. The Morgan fingerprint density at radius 3 is 2.33 bits per heavy atom. The molecule has 0 aromatic carbocycles. The standard InChI is InChI=1S/C17H28N4/c1-8-14-13(12-20-10-9-18-19-20)11-15(16(2,3)4)21(14)17(5,6)7/h1,9-10,13-15H,11-12H2,2-7H3/t13-,14-,15?/m1/s1. The van der Waals surface area contributed by atoms with Gasteiger partial charge in [0.2, 0.25) is 0 Å². The van der Waals surface area contributed by atoms with Crippen LogP contribution in [0.1, 0.15) is 48.0 Å². The average Bonchev–Trinajstić information content (AvgIpc) is 2.94. The molecule has 0 bridgehead atoms. The summed E-state index contributed by atoms with van der Waals surface area (Å²) in [5, 5.41) is 8.00. The highest BCUT2D eigenvalue weighted by molar-refractivity contribution is 5.13. The summed E-state index contributed by atoms with van der Waals surface area (Å²) in [6, 6.07) is 0.630. The Balaban J connectivity index is 2.31. The maximum Gasteiger partial charge on any atom is 0.0765 e. The van der Waals surface area contributed by atoms with Crippen molar-refractivity contribution in [2.24, 2.45) is 11.3 Å². The maximum absolute atomic E-state index is 5.91. The normalized spacial score (nSPS) is 27.8. The summed E-state index contributed by atoms with van der Waals surface area (Å²) in [6.45, 7) is 14.5. The molecule has 1 saturated heterocycles. The smallest absolute Gasteiger partial charge is 0.0765 e. The van der Waals surface area contributed by atoms with Gasteiger partial charge in [-0.05, 0) is 32.6 Å². The van der Waals surface area contributed by atoms with Gasteiger partial charge in [-0.3, -0.25) is 9.58 Å². The van der Waals surface area contributed by atoms with Crippen molar-refractivity contribution < 1.29 is 0 Å². The molecule has 4 heteroatoms. The quantitative estimate of drug-likeness (QED) is 0.785. The summed E-state index contributed by atoms with van der Waals surface area (Å²) in [6.07, 6.45) is 10.7. The summed E-state index contributed by atoms with van der Waals surface area (Å²) in [4.78, 5) is 2.54. The fourth-order valence-corrected chi connectivity index (χ4v) is 3.57. The molecule has 4 nitrogen and oxygen atoms in total. The zero-order valence-corrected chi connectivity index (χ0v) is 14.2. The molecule has 0 aliphatic carbocycles. The Bertz CT molecular complexity index is 498. The summed E-state index contributed by atoms with van der Waals surface area (Å²) < 4.78 is 1.90. The molecular formula is C17H28N4. The minimum Gasteiger partial charge on any atom is -0.281 e. The molecule has 0 amide bonds. The molecule has 1 aromatic rings. The van der Waals surface area contributed by atoms with Crippen LogP contribution in [0.4, 0.5) is 0 Å². The highest BCUT2D eigenvalue weighted by Gasteiger charge is 2.49. The van der Waals surface area contributed by atoms with E-state index in [0.717, 1.165) is 13.0 Å². The fraction of sp³-hybridized carbons (Fsp3) is 0.765. The van der Waals surface area contributed by atoms with E-state index in [2.05, 4.69) is 62.7 Å². The van der Waals surface area contributed by atoms with Gasteiger partial charge in [0.1, 0.15) is 0 Å². The second kappa shape index (κ2) is 5.46. The predicted octanol–water partition coefficient (Wildman–Crippen LogP) is 2.82. The van der Waals surface area contributed by atoms with Crippen LogP contribution in [0.3, 0.4) is 0 Å². The highest BCUT2D eigenvalue weighted by atomic mass is 15.4. The van der Waals surface area contributed by atoms with Crippen LogP contribution in [-0.4, -0.2) is 37.5 Å². The Kier molecular flexibility index (Phi) is 4.17. The van der Waals surface area contributed by atoms with E-state index in [9.17, 15) is 0 Å². The third-order valence-electron chi connectivity index (χ3n) is 4.45. The van der Waals surface area contributed by atoms with Crippen molar-refractivity contribution in [3.63, 3.8) is 0 Å². The van der Waals surface area contributed by atoms with E-state index < -0.39 is 0 Å². The summed E-state index contributed by atoms with van der Waals surface area (Å²) >= 11 is 0. The monoisotopic (exact) mass is 288 g/mol. The Hall–Kier alpha value is -1.34. The van der Waals surface area contributed by atoms with Crippen LogP contribution in [0, 0.1) is 23.7 Å². The van der Waals surface area contributed by atoms with Gasteiger partial charge < -0.3 is 0 Å². The van der Waals surface area contributed by atoms with Gasteiger partial charge in [0.25, 0.3) is 0 Å². The lowest BCUT2D eigenvalue weighted by Gasteiger charge is -2.45. The number of aromatic nitrogens is 3. The third kappa shape index (κ3) is 3.29. The first-order valence-corrected chi connectivity index (χ1v) is 7.73. The van der Waals surface area contributed by atoms with Crippen LogP contribution < -0.4 is 0 Å². The number of hydrogen-bond donors (Lipinski definition) is 0. The Morgan fingerprint density at radius 1 is 1.24 bits per heavy atom. The molecule has 2 heterocycles. The highest BCUT2D eigenvalue weighted by Crippen LogP contribution is 2.43. The van der Waals surface area contributed by atoms with Crippen LogP contribution >= 0.6 is 0 Å². The fourth-order valence-electron chi connectivity index (χ4n) is 3.57. The van der Waals surface area contributed by atoms with Crippen LogP contribution in [0.2, 0.25) is 0 Å². The lowest BCUT2D eigenvalue weighted by atomic mass is 9.82. The van der Waals surface area contributed by atoms with Gasteiger partial charge in [-0.25, -0.2) is 0 Å². The molecule has 1 aromatic heterocycles. The van der Waals surface area contributed by atoms with E-state index >= 15 is 0 Å². The van der Waals surface area contributed by atoms with Gasteiger partial charge in [0.15, 0.2) is 0 Å². The molecule has 1 aliphatic rings. The molecule has 2 rings (SSSR count). The van der Waals surface area contributed by atoms with Crippen molar-refractivity contribution in [2.45, 2.75) is 72.1 Å². The Morgan fingerprint density at radius 2 is 1.90 bits per heavy atom. The zero-order valence-electron chi connectivity index (χ0n) is 14.2. The molecule has 21 heavy (non-hydrogen) atoms. The number of nitrogens with zero attached hydrogens (tertiary/aromatic N) is 4. The van der Waals surface area contributed by atoms with E-state index in [0.29, 0.717) is 12.0 Å². The zero-order chi connectivity index (χ0) is 15.8. The molecule has 0 saturated carbocycles. The molecular weight excluding hydrogens is 260 g/mol. The van der Waals surface area contributed by atoms with Gasteiger partial charge >= 0.3 is 0 Å². The van der Waals surface area contributed by atoms with Crippen molar-refractivity contribution in [3.8, 4) is 12.3 Å². The number of hydrogen-bond acceptors (Lipinski definition) is 3. The van der Waals surface area contributed by atoms with Crippen LogP contribution in [0.5, 0.6) is 0 Å². The lowest BCUT2D eigenvalue weighted by Crippen LogP contribution is -2.53. The van der Waals surface area contributed by atoms with Gasteiger partial charge in [0.05, 0.1) is 12.2 Å². The molecule has 116 valence electrons. The molecule has 1 unspecified atom stereocenters. The number of likely N-dealkylation sites (tertiary alicyclic amines) is 1. The molecule has 3 atom stereocenters. The van der Waals surface area contributed by atoms with Crippen LogP contribution in [-0.2, 0) is 6.54 Å². The van der Waals surface area contributed by atoms with E-state index in [1.165, 1.54) is 0 Å². The van der Waals surface area contributed by atoms with Crippen molar-refractivity contribution in [2.75, 3.05) is 0 Å². The van der Waals surface area contributed by atoms with Crippen molar-refractivity contribution in [1.29, 1.82) is 0 Å². The van der Waals surface area contributed by atoms with Gasteiger partial charge in [-0.15, -0.1) is 11.5 Å². The van der Waals surface area contributed by atoms with E-state index in [4.69, 9.17) is 6.42 Å². The topological polar surface area (TPSA) is 34.0 Å². The molecule has 0 N–H and O–H groups in total. The maximum atomic E-state index is 5.91. The first-order valence-electron chi connectivity index (χ1n) is 7.73. The SMILES string of the molecule is C#C[C@@H]1[C@@H](Cn2ccnn2)CC(C(C)(C)C)N1C(C)(C)C. The van der Waals surface area contributed by atoms with Gasteiger partial charge in [-0.1, -0.05) is 31.9 Å². The van der Waals surface area contributed by atoms with Crippen molar-refractivity contribution in [1.82, 2.24) is 19.9 Å². The third-order valence-corrected chi connectivity index (χ3v) is 4.45. The minimum absolute atomic E-state index is 0.0616. The predicted molar refractivity (Wildman–Crippen MR) is 85.6 cm³/mol. The van der Waals surface area contributed by atoms with Crippen molar-refractivity contribution in [3.05, 3.63) is 12.4 Å². The second-order valence-corrected chi connectivity index (χ2v) is 8.19. The second-order valence-electron chi connectivity index (χ2n) is 8.19. The number of rotatable bonds is 2. The lowest BCUT2D eigenvalue weighted by molar-refractivity contribution is 0.0386. The average molecular weight is 288 g/mol. The molecule has 1 aliphatic heterocycles. The first kappa shape index (κ1) is 16.0. The molecule has 0 radical (unpaired) electrons. The molecule has 1 fully saturated rings. The van der Waals surface area contributed by atoms with Crippen LogP contribution in [0.25, 0.3) is 0 Å². The van der Waals surface area contributed by atoms with Crippen LogP contribution in [0.15, 0.2) is 12.4 Å².